The van der Waals surface area contributed by atoms with Crippen molar-refractivity contribution in [2.75, 3.05) is 36.1 Å². The molecule has 2 fully saturated rings. The van der Waals surface area contributed by atoms with Gasteiger partial charge >= 0.3 is 0 Å². The lowest BCUT2D eigenvalue weighted by atomic mass is 9.90. The monoisotopic (exact) mass is 471 g/mol. The van der Waals surface area contributed by atoms with Crippen molar-refractivity contribution in [1.29, 1.82) is 0 Å². The number of hydrogen-bond donors (Lipinski definition) is 2. The molecule has 0 radical (unpaired) electrons. The van der Waals surface area contributed by atoms with Crippen molar-refractivity contribution < 1.29 is 22.3 Å². The molecule has 1 aromatic rings. The van der Waals surface area contributed by atoms with Crippen LogP contribution in [-0.4, -0.2) is 78.3 Å². The Balaban J connectivity index is 1.53. The third-order valence-corrected chi connectivity index (χ3v) is 7.84. The lowest BCUT2D eigenvalue weighted by Gasteiger charge is -2.40. The molecule has 3 aliphatic rings. The fraction of sp³-hybridized carbons (Fsp3) is 0.714. The van der Waals surface area contributed by atoms with E-state index in [-0.39, 0.29) is 24.6 Å². The first-order chi connectivity index (χ1) is 15.2. The van der Waals surface area contributed by atoms with Gasteiger partial charge in [-0.1, -0.05) is 0 Å². The summed E-state index contributed by atoms with van der Waals surface area (Å²) < 4.78 is 51.1. The quantitative estimate of drug-likeness (QED) is 0.658. The number of nitrogens with zero attached hydrogens (tertiary/aromatic N) is 4. The SMILES string of the molecule is CS(=O)(=O)N1CCC(Nc2ncc3c(n2)N([C@@H]2CCC[C@@H](O)C2)CC(CC(F)F)=C3)CC1. The van der Waals surface area contributed by atoms with Crippen molar-refractivity contribution in [2.24, 2.45) is 0 Å². The Bertz CT molecular complexity index is 951. The first-order valence-electron chi connectivity index (χ1n) is 11.2. The average Bonchev–Trinajstić information content (AvgIpc) is 2.73. The number of rotatable bonds is 6. The van der Waals surface area contributed by atoms with E-state index in [2.05, 4.69) is 15.2 Å². The van der Waals surface area contributed by atoms with Crippen molar-refractivity contribution in [3.63, 3.8) is 0 Å². The minimum absolute atomic E-state index is 0.0413. The summed E-state index contributed by atoms with van der Waals surface area (Å²) in [7, 11) is -3.19. The Morgan fingerprint density at radius 3 is 2.66 bits per heavy atom. The van der Waals surface area contributed by atoms with Gasteiger partial charge in [-0.2, -0.15) is 4.98 Å². The molecule has 32 heavy (non-hydrogen) atoms. The van der Waals surface area contributed by atoms with Gasteiger partial charge in [0, 0.05) is 49.9 Å². The average molecular weight is 472 g/mol. The number of fused-ring (bicyclic) bond motifs is 1. The Labute approximate surface area is 187 Å². The number of aliphatic hydroxyl groups excluding tert-OH is 1. The molecule has 2 N–H and O–H groups in total. The summed E-state index contributed by atoms with van der Waals surface area (Å²) in [6.45, 7) is 1.28. The van der Waals surface area contributed by atoms with Gasteiger partial charge in [0.15, 0.2) is 0 Å². The molecule has 1 saturated carbocycles. The maximum absolute atomic E-state index is 13.1. The van der Waals surface area contributed by atoms with Crippen LogP contribution in [0.25, 0.3) is 6.08 Å². The minimum atomic E-state index is -3.19. The molecule has 2 atom stereocenters. The number of halogens is 2. The van der Waals surface area contributed by atoms with E-state index in [1.54, 1.807) is 12.3 Å². The molecule has 1 saturated heterocycles. The summed E-state index contributed by atoms with van der Waals surface area (Å²) in [5, 5.41) is 13.5. The van der Waals surface area contributed by atoms with Crippen molar-refractivity contribution >= 4 is 27.9 Å². The molecule has 11 heteroatoms. The van der Waals surface area contributed by atoms with E-state index in [1.165, 1.54) is 10.6 Å². The molecule has 0 amide bonds. The van der Waals surface area contributed by atoms with Gasteiger partial charge in [-0.15, -0.1) is 0 Å². The Morgan fingerprint density at radius 2 is 2.00 bits per heavy atom. The van der Waals surface area contributed by atoms with Crippen molar-refractivity contribution in [3.05, 3.63) is 17.3 Å². The molecule has 1 aliphatic carbocycles. The molecule has 1 aromatic heterocycles. The van der Waals surface area contributed by atoms with Gasteiger partial charge in [0.2, 0.25) is 22.4 Å². The van der Waals surface area contributed by atoms with E-state index in [0.717, 1.165) is 19.3 Å². The maximum Gasteiger partial charge on any atom is 0.242 e. The maximum atomic E-state index is 13.1. The second kappa shape index (κ2) is 9.56. The van der Waals surface area contributed by atoms with Crippen LogP contribution in [0, 0.1) is 0 Å². The van der Waals surface area contributed by atoms with E-state index >= 15 is 0 Å². The van der Waals surface area contributed by atoms with Crippen LogP contribution in [0.15, 0.2) is 11.8 Å². The smallest absolute Gasteiger partial charge is 0.242 e. The van der Waals surface area contributed by atoms with Gasteiger partial charge in [-0.25, -0.2) is 26.5 Å². The van der Waals surface area contributed by atoms with Gasteiger partial charge in [0.25, 0.3) is 0 Å². The zero-order valence-electron chi connectivity index (χ0n) is 18.3. The van der Waals surface area contributed by atoms with Crippen molar-refractivity contribution in [3.8, 4) is 0 Å². The largest absolute Gasteiger partial charge is 0.393 e. The molecule has 0 aromatic carbocycles. The van der Waals surface area contributed by atoms with Gasteiger partial charge in [-0.05, 0) is 50.2 Å². The lowest BCUT2D eigenvalue weighted by Crippen LogP contribution is -2.44. The highest BCUT2D eigenvalue weighted by molar-refractivity contribution is 7.88. The van der Waals surface area contributed by atoms with Gasteiger partial charge in [0.05, 0.1) is 12.4 Å². The van der Waals surface area contributed by atoms with Crippen LogP contribution >= 0.6 is 0 Å². The highest BCUT2D eigenvalue weighted by Crippen LogP contribution is 2.35. The van der Waals surface area contributed by atoms with Crippen LogP contribution in [0.2, 0.25) is 0 Å². The fourth-order valence-corrected chi connectivity index (χ4v) is 5.78. The van der Waals surface area contributed by atoms with E-state index in [9.17, 15) is 22.3 Å². The standard InChI is InChI=1S/C21H31F2N5O3S/c1-32(30,31)27-7-5-16(6-8-27)25-21-24-12-15-9-14(10-19(22)23)13-28(20(15)26-21)17-3-2-4-18(29)11-17/h9,12,16-19,29H,2-8,10-11,13H2,1H3,(H,24,25,26)/t17-,18-/m1/s1. The Kier molecular flexibility index (Phi) is 6.97. The first kappa shape index (κ1) is 23.3. The third kappa shape index (κ3) is 5.55. The minimum Gasteiger partial charge on any atom is -0.393 e. The predicted octanol–water partition coefficient (Wildman–Crippen LogP) is 2.47. The summed E-state index contributed by atoms with van der Waals surface area (Å²) in [6, 6.07) is 0.101. The summed E-state index contributed by atoms with van der Waals surface area (Å²) in [4.78, 5) is 11.2. The van der Waals surface area contributed by atoms with Crippen molar-refractivity contribution in [1.82, 2.24) is 14.3 Å². The number of aliphatic hydroxyl groups is 1. The highest BCUT2D eigenvalue weighted by Gasteiger charge is 2.32. The molecule has 0 spiro atoms. The second-order valence-electron chi connectivity index (χ2n) is 9.05. The normalized spacial score (nSPS) is 25.5. The van der Waals surface area contributed by atoms with Crippen LogP contribution in [-0.2, 0) is 10.0 Å². The highest BCUT2D eigenvalue weighted by atomic mass is 32.2. The Hall–Kier alpha value is -1.85. The molecule has 0 unspecified atom stereocenters. The topological polar surface area (TPSA) is 98.7 Å². The summed E-state index contributed by atoms with van der Waals surface area (Å²) in [5.41, 5.74) is 1.36. The van der Waals surface area contributed by atoms with E-state index < -0.39 is 16.4 Å². The van der Waals surface area contributed by atoms with Gasteiger partial charge < -0.3 is 15.3 Å². The van der Waals surface area contributed by atoms with Crippen LogP contribution in [0.4, 0.5) is 20.5 Å². The number of hydrogen-bond acceptors (Lipinski definition) is 7. The molecule has 8 nitrogen and oxygen atoms in total. The van der Waals surface area contributed by atoms with E-state index in [4.69, 9.17) is 4.98 Å². The number of piperidine rings is 1. The molecule has 3 heterocycles. The van der Waals surface area contributed by atoms with E-state index in [1.807, 2.05) is 0 Å². The zero-order chi connectivity index (χ0) is 22.9. The van der Waals surface area contributed by atoms with E-state index in [0.29, 0.717) is 61.8 Å². The summed E-state index contributed by atoms with van der Waals surface area (Å²) in [6.07, 6.45) is 5.99. The molecular weight excluding hydrogens is 440 g/mol. The molecule has 0 bridgehead atoms. The fourth-order valence-electron chi connectivity index (χ4n) is 4.90. The molecule has 178 valence electrons. The molecular formula is C21H31F2N5O3S. The summed E-state index contributed by atoms with van der Waals surface area (Å²) in [5.74, 6) is 1.15. The number of anilines is 2. The second-order valence-corrected chi connectivity index (χ2v) is 11.0. The van der Waals surface area contributed by atoms with Crippen LogP contribution in [0.3, 0.4) is 0 Å². The number of sulfonamides is 1. The van der Waals surface area contributed by atoms with Gasteiger partial charge in [0.1, 0.15) is 5.82 Å². The van der Waals surface area contributed by atoms with Crippen LogP contribution in [0.1, 0.15) is 50.5 Å². The molecule has 2 aliphatic heterocycles. The molecule has 4 rings (SSSR count). The van der Waals surface area contributed by atoms with Crippen LogP contribution in [0.5, 0.6) is 0 Å². The first-order valence-corrected chi connectivity index (χ1v) is 13.0. The van der Waals surface area contributed by atoms with Crippen LogP contribution < -0.4 is 10.2 Å². The Morgan fingerprint density at radius 1 is 1.25 bits per heavy atom. The zero-order valence-corrected chi connectivity index (χ0v) is 19.1. The number of aromatic nitrogens is 2. The van der Waals surface area contributed by atoms with Crippen molar-refractivity contribution in [2.45, 2.75) is 69.6 Å². The summed E-state index contributed by atoms with van der Waals surface area (Å²) >= 11 is 0. The number of alkyl halides is 2. The lowest BCUT2D eigenvalue weighted by molar-refractivity contribution is 0.118. The predicted molar refractivity (Wildman–Crippen MR) is 119 cm³/mol. The third-order valence-electron chi connectivity index (χ3n) is 6.53. The number of nitrogens with one attached hydrogen (secondary N) is 1. The van der Waals surface area contributed by atoms with Gasteiger partial charge in [-0.3, -0.25) is 0 Å².